The van der Waals surface area contributed by atoms with Crippen LogP contribution >= 0.6 is 0 Å². The van der Waals surface area contributed by atoms with Gasteiger partial charge >= 0.3 is 6.61 Å². The van der Waals surface area contributed by atoms with Gasteiger partial charge in [0.1, 0.15) is 5.75 Å². The van der Waals surface area contributed by atoms with E-state index in [0.717, 1.165) is 11.1 Å². The third-order valence-electron chi connectivity index (χ3n) is 3.08. The van der Waals surface area contributed by atoms with Gasteiger partial charge in [-0.15, -0.1) is 0 Å². The maximum atomic E-state index is 12.4. The quantitative estimate of drug-likeness (QED) is 0.780. The van der Waals surface area contributed by atoms with Crippen LogP contribution in [-0.2, 0) is 6.54 Å². The van der Waals surface area contributed by atoms with Gasteiger partial charge in [0.05, 0.1) is 17.4 Å². The molecule has 2 heterocycles. The van der Waals surface area contributed by atoms with Gasteiger partial charge in [0.2, 0.25) is 0 Å². The highest BCUT2D eigenvalue weighted by Gasteiger charge is 2.09. The third-order valence-corrected chi connectivity index (χ3v) is 3.08. The molecule has 1 aromatic carbocycles. The van der Waals surface area contributed by atoms with Crippen LogP contribution in [0.15, 0.2) is 54.9 Å². The number of alkyl halides is 2. The Hall–Kier alpha value is -2.63. The van der Waals surface area contributed by atoms with Crippen LogP contribution in [0, 0.1) is 0 Å². The summed E-state index contributed by atoms with van der Waals surface area (Å²) in [5, 5.41) is 7.33. The van der Waals surface area contributed by atoms with Crippen molar-refractivity contribution in [2.24, 2.45) is 0 Å². The second-order valence-corrected chi connectivity index (χ2v) is 4.43. The Kier molecular flexibility index (Phi) is 3.68. The van der Waals surface area contributed by atoms with Gasteiger partial charge in [0.25, 0.3) is 0 Å². The van der Waals surface area contributed by atoms with Gasteiger partial charge in [-0.1, -0.05) is 18.2 Å². The molecule has 0 unspecified atom stereocenters. The highest BCUT2D eigenvalue weighted by molar-refractivity contribution is 5.59. The van der Waals surface area contributed by atoms with Crippen LogP contribution in [-0.4, -0.2) is 16.2 Å². The molecule has 0 atom stereocenters. The average Bonchev–Trinajstić information content (AvgIpc) is 2.89. The fourth-order valence-corrected chi connectivity index (χ4v) is 2.13. The molecular weight excluding hydrogens is 276 g/mol. The molecule has 0 aliphatic carbocycles. The van der Waals surface area contributed by atoms with Crippen LogP contribution in [0.5, 0.6) is 5.75 Å². The van der Waals surface area contributed by atoms with Gasteiger partial charge in [0, 0.05) is 18.3 Å². The van der Waals surface area contributed by atoms with E-state index >= 15 is 0 Å². The number of nitrogens with zero attached hydrogens (tertiary/aromatic N) is 2. The van der Waals surface area contributed by atoms with Crippen molar-refractivity contribution in [3.63, 3.8) is 0 Å². The van der Waals surface area contributed by atoms with E-state index in [1.54, 1.807) is 28.9 Å². The first-order valence-electron chi connectivity index (χ1n) is 6.43. The van der Waals surface area contributed by atoms with Crippen molar-refractivity contribution in [3.8, 4) is 5.75 Å². The molecule has 4 nitrogen and oxygen atoms in total. The number of rotatable bonds is 5. The van der Waals surface area contributed by atoms with Gasteiger partial charge in [-0.05, 0) is 24.3 Å². The van der Waals surface area contributed by atoms with Crippen molar-refractivity contribution in [2.75, 3.05) is 5.32 Å². The first-order chi connectivity index (χ1) is 10.2. The van der Waals surface area contributed by atoms with Gasteiger partial charge in [0.15, 0.2) is 0 Å². The smallest absolute Gasteiger partial charge is 0.387 e. The Morgan fingerprint density at radius 3 is 2.81 bits per heavy atom. The number of anilines is 1. The van der Waals surface area contributed by atoms with E-state index in [9.17, 15) is 8.78 Å². The summed E-state index contributed by atoms with van der Waals surface area (Å²) in [4.78, 5) is 0. The van der Waals surface area contributed by atoms with Crippen molar-refractivity contribution in [3.05, 3.63) is 60.4 Å². The Morgan fingerprint density at radius 1 is 1.14 bits per heavy atom. The summed E-state index contributed by atoms with van der Waals surface area (Å²) in [6.07, 6.45) is 3.60. The van der Waals surface area contributed by atoms with Crippen LogP contribution < -0.4 is 10.1 Å². The summed E-state index contributed by atoms with van der Waals surface area (Å²) >= 11 is 0. The summed E-state index contributed by atoms with van der Waals surface area (Å²) < 4.78 is 31.0. The molecule has 0 fully saturated rings. The third kappa shape index (κ3) is 2.94. The molecule has 0 aliphatic rings. The molecule has 6 heteroatoms. The fraction of sp³-hybridized carbons (Fsp3) is 0.133. The molecule has 1 N–H and O–H groups in total. The number of pyridine rings is 1. The van der Waals surface area contributed by atoms with Crippen molar-refractivity contribution < 1.29 is 13.5 Å². The van der Waals surface area contributed by atoms with Crippen LogP contribution in [0.25, 0.3) is 5.52 Å². The van der Waals surface area contributed by atoms with Crippen LogP contribution in [0.1, 0.15) is 5.56 Å². The normalized spacial score (nSPS) is 11.0. The van der Waals surface area contributed by atoms with Crippen molar-refractivity contribution in [1.29, 1.82) is 0 Å². The lowest BCUT2D eigenvalue weighted by Gasteiger charge is -2.12. The molecule has 3 rings (SSSR count). The second kappa shape index (κ2) is 5.78. The van der Waals surface area contributed by atoms with Gasteiger partial charge < -0.3 is 10.1 Å². The van der Waals surface area contributed by atoms with Crippen molar-refractivity contribution in [1.82, 2.24) is 9.61 Å². The maximum absolute atomic E-state index is 12.4. The zero-order valence-electron chi connectivity index (χ0n) is 11.0. The van der Waals surface area contributed by atoms with Crippen LogP contribution in [0.2, 0.25) is 0 Å². The number of benzene rings is 1. The van der Waals surface area contributed by atoms with E-state index in [4.69, 9.17) is 0 Å². The van der Waals surface area contributed by atoms with E-state index in [0.29, 0.717) is 12.2 Å². The highest BCUT2D eigenvalue weighted by atomic mass is 19.3. The van der Waals surface area contributed by atoms with E-state index in [1.165, 1.54) is 6.07 Å². The molecule has 0 radical (unpaired) electrons. The Morgan fingerprint density at radius 2 is 1.95 bits per heavy atom. The van der Waals surface area contributed by atoms with Crippen molar-refractivity contribution >= 4 is 11.2 Å². The monoisotopic (exact) mass is 289 g/mol. The number of aromatic nitrogens is 2. The standard InChI is InChI=1S/C15H13F2N3O/c16-15(17)21-14-7-2-1-5-12(14)18-9-11-10-19-20-8-4-3-6-13(11)20/h1-8,10,15,18H,9H2. The van der Waals surface area contributed by atoms with Gasteiger partial charge in [-0.25, -0.2) is 4.52 Å². The van der Waals surface area contributed by atoms with Gasteiger partial charge in [-0.3, -0.25) is 0 Å². The topological polar surface area (TPSA) is 38.6 Å². The molecule has 0 bridgehead atoms. The molecular formula is C15H13F2N3O. The molecule has 108 valence electrons. The molecule has 3 aromatic rings. The number of hydrogen-bond acceptors (Lipinski definition) is 3. The Bertz CT molecular complexity index is 742. The zero-order chi connectivity index (χ0) is 14.7. The lowest BCUT2D eigenvalue weighted by molar-refractivity contribution is -0.0493. The maximum Gasteiger partial charge on any atom is 0.387 e. The SMILES string of the molecule is FC(F)Oc1ccccc1NCc1cnn2ccccc12. The van der Waals surface area contributed by atoms with Gasteiger partial charge in [-0.2, -0.15) is 13.9 Å². The number of hydrogen-bond donors (Lipinski definition) is 1. The first-order valence-corrected chi connectivity index (χ1v) is 6.43. The average molecular weight is 289 g/mol. The largest absolute Gasteiger partial charge is 0.433 e. The van der Waals surface area contributed by atoms with Crippen LogP contribution in [0.4, 0.5) is 14.5 Å². The molecule has 0 saturated heterocycles. The lowest BCUT2D eigenvalue weighted by Crippen LogP contribution is -2.06. The zero-order valence-corrected chi connectivity index (χ0v) is 11.0. The number of ether oxygens (including phenoxy) is 1. The molecule has 2 aromatic heterocycles. The van der Waals surface area contributed by atoms with Crippen molar-refractivity contribution in [2.45, 2.75) is 13.2 Å². The summed E-state index contributed by atoms with van der Waals surface area (Å²) in [6.45, 7) is -2.37. The van der Waals surface area contributed by atoms with E-state index in [2.05, 4.69) is 15.2 Å². The predicted octanol–water partition coefficient (Wildman–Crippen LogP) is 3.55. The molecule has 0 saturated carbocycles. The highest BCUT2D eigenvalue weighted by Crippen LogP contribution is 2.26. The molecule has 21 heavy (non-hydrogen) atoms. The van der Waals surface area contributed by atoms with E-state index in [1.807, 2.05) is 24.4 Å². The van der Waals surface area contributed by atoms with E-state index in [-0.39, 0.29) is 5.75 Å². The summed E-state index contributed by atoms with van der Waals surface area (Å²) in [6, 6.07) is 12.4. The summed E-state index contributed by atoms with van der Waals surface area (Å²) in [5.41, 5.74) is 2.47. The summed E-state index contributed by atoms with van der Waals surface area (Å²) in [5.74, 6) is 0.129. The first kappa shape index (κ1) is 13.4. The lowest BCUT2D eigenvalue weighted by atomic mass is 10.2. The number of nitrogens with one attached hydrogen (secondary N) is 1. The Balaban J connectivity index is 1.79. The predicted molar refractivity (Wildman–Crippen MR) is 75.6 cm³/mol. The van der Waals surface area contributed by atoms with Crippen LogP contribution in [0.3, 0.4) is 0 Å². The molecule has 0 spiro atoms. The number of fused-ring (bicyclic) bond motifs is 1. The molecule has 0 aliphatic heterocycles. The second-order valence-electron chi connectivity index (χ2n) is 4.43. The summed E-state index contributed by atoms with van der Waals surface area (Å²) in [7, 11) is 0. The minimum absolute atomic E-state index is 0.129. The minimum atomic E-state index is -2.84. The number of para-hydroxylation sites is 2. The molecule has 0 amide bonds. The Labute approximate surface area is 120 Å². The number of halogens is 2. The fourth-order valence-electron chi connectivity index (χ4n) is 2.13. The van der Waals surface area contributed by atoms with E-state index < -0.39 is 6.61 Å². The minimum Gasteiger partial charge on any atom is -0.433 e.